The summed E-state index contributed by atoms with van der Waals surface area (Å²) in [6.45, 7) is 2.34. The SMILES string of the molecule is CC(OC(=O)COc1ccc(N2CCCC2=O)cc1)C(=O)NCc1cccs1. The molecule has 1 aliphatic heterocycles. The molecule has 1 aliphatic rings. The van der Waals surface area contributed by atoms with Crippen LogP contribution in [-0.4, -0.2) is 37.0 Å². The minimum Gasteiger partial charge on any atom is -0.482 e. The molecule has 0 bridgehead atoms. The van der Waals surface area contributed by atoms with Crippen molar-refractivity contribution in [3.63, 3.8) is 0 Å². The fourth-order valence-electron chi connectivity index (χ4n) is 2.80. The maximum Gasteiger partial charge on any atom is 0.344 e. The van der Waals surface area contributed by atoms with E-state index in [9.17, 15) is 14.4 Å². The van der Waals surface area contributed by atoms with E-state index in [0.717, 1.165) is 23.5 Å². The van der Waals surface area contributed by atoms with Gasteiger partial charge in [-0.2, -0.15) is 0 Å². The number of thiophene rings is 1. The standard InChI is InChI=1S/C20H22N2O5S/c1-14(20(25)21-12-17-4-3-11-28-17)27-19(24)13-26-16-8-6-15(7-9-16)22-10-2-5-18(22)23/h3-4,6-9,11,14H,2,5,10,12-13H2,1H3,(H,21,25). The molecule has 7 nitrogen and oxygen atoms in total. The minimum absolute atomic E-state index is 0.114. The molecule has 3 rings (SSSR count). The van der Waals surface area contributed by atoms with E-state index in [0.29, 0.717) is 18.7 Å². The summed E-state index contributed by atoms with van der Waals surface area (Å²) >= 11 is 1.54. The number of anilines is 1. The Labute approximate surface area is 167 Å². The second-order valence-electron chi connectivity index (χ2n) is 6.36. The highest BCUT2D eigenvalue weighted by Gasteiger charge is 2.21. The molecule has 1 saturated heterocycles. The number of esters is 1. The summed E-state index contributed by atoms with van der Waals surface area (Å²) in [7, 11) is 0. The Bertz CT molecular complexity index is 820. The number of nitrogens with zero attached hydrogens (tertiary/aromatic N) is 1. The normalized spacial score (nSPS) is 14.6. The molecular formula is C20H22N2O5S. The largest absolute Gasteiger partial charge is 0.482 e. The summed E-state index contributed by atoms with van der Waals surface area (Å²) in [5, 5.41) is 4.65. The summed E-state index contributed by atoms with van der Waals surface area (Å²) in [6, 6.07) is 10.8. The highest BCUT2D eigenvalue weighted by atomic mass is 32.1. The summed E-state index contributed by atoms with van der Waals surface area (Å²) in [4.78, 5) is 38.4. The first-order valence-electron chi connectivity index (χ1n) is 9.06. The zero-order valence-electron chi connectivity index (χ0n) is 15.6. The smallest absolute Gasteiger partial charge is 0.344 e. The number of hydrogen-bond acceptors (Lipinski definition) is 6. The van der Waals surface area contributed by atoms with E-state index < -0.39 is 12.1 Å². The van der Waals surface area contributed by atoms with Gasteiger partial charge in [-0.25, -0.2) is 4.79 Å². The predicted molar refractivity (Wildman–Crippen MR) is 105 cm³/mol. The van der Waals surface area contributed by atoms with Crippen LogP contribution in [0.25, 0.3) is 0 Å². The lowest BCUT2D eigenvalue weighted by Crippen LogP contribution is -2.36. The lowest BCUT2D eigenvalue weighted by atomic mass is 10.3. The van der Waals surface area contributed by atoms with Gasteiger partial charge in [-0.05, 0) is 49.1 Å². The number of benzene rings is 1. The molecule has 1 atom stereocenters. The van der Waals surface area contributed by atoms with Gasteiger partial charge in [0.2, 0.25) is 5.91 Å². The van der Waals surface area contributed by atoms with Crippen molar-refractivity contribution in [3.05, 3.63) is 46.7 Å². The maximum atomic E-state index is 12.0. The Morgan fingerprint density at radius 2 is 2.04 bits per heavy atom. The Kier molecular flexibility index (Phi) is 6.65. The molecule has 2 aromatic rings. The number of carbonyl (C=O) groups excluding carboxylic acids is 3. The Balaban J connectivity index is 1.40. The van der Waals surface area contributed by atoms with Crippen LogP contribution < -0.4 is 15.0 Å². The van der Waals surface area contributed by atoms with Crippen LogP contribution in [0.1, 0.15) is 24.6 Å². The number of rotatable bonds is 8. The molecule has 1 N–H and O–H groups in total. The molecule has 148 valence electrons. The number of hydrogen-bond donors (Lipinski definition) is 1. The van der Waals surface area contributed by atoms with Crippen LogP contribution in [0.5, 0.6) is 5.75 Å². The summed E-state index contributed by atoms with van der Waals surface area (Å²) < 4.78 is 10.5. The van der Waals surface area contributed by atoms with Crippen molar-refractivity contribution in [2.45, 2.75) is 32.4 Å². The third-order valence-electron chi connectivity index (χ3n) is 4.27. The van der Waals surface area contributed by atoms with Gasteiger partial charge in [0.1, 0.15) is 5.75 Å². The molecular weight excluding hydrogens is 380 g/mol. The summed E-state index contributed by atoms with van der Waals surface area (Å²) in [5.41, 5.74) is 0.813. The van der Waals surface area contributed by atoms with Gasteiger partial charge in [0.15, 0.2) is 12.7 Å². The molecule has 2 amide bonds. The van der Waals surface area contributed by atoms with E-state index in [-0.39, 0.29) is 18.4 Å². The molecule has 8 heteroatoms. The van der Waals surface area contributed by atoms with Gasteiger partial charge in [-0.1, -0.05) is 6.07 Å². The number of amides is 2. The van der Waals surface area contributed by atoms with Crippen LogP contribution in [-0.2, 0) is 25.7 Å². The molecule has 2 heterocycles. The molecule has 0 spiro atoms. The van der Waals surface area contributed by atoms with Crippen molar-refractivity contribution in [2.24, 2.45) is 0 Å². The monoisotopic (exact) mass is 402 g/mol. The van der Waals surface area contributed by atoms with E-state index in [1.807, 2.05) is 17.5 Å². The lowest BCUT2D eigenvalue weighted by Gasteiger charge is -2.16. The van der Waals surface area contributed by atoms with Gasteiger partial charge in [-0.15, -0.1) is 11.3 Å². The van der Waals surface area contributed by atoms with Crippen molar-refractivity contribution in [2.75, 3.05) is 18.1 Å². The quantitative estimate of drug-likeness (QED) is 0.686. The summed E-state index contributed by atoms with van der Waals surface area (Å²) in [5.74, 6) is -0.385. The Hall–Kier alpha value is -2.87. The number of ether oxygens (including phenoxy) is 2. The molecule has 1 unspecified atom stereocenters. The lowest BCUT2D eigenvalue weighted by molar-refractivity contribution is -0.156. The molecule has 1 fully saturated rings. The van der Waals surface area contributed by atoms with Crippen LogP contribution in [0.15, 0.2) is 41.8 Å². The Morgan fingerprint density at radius 3 is 2.68 bits per heavy atom. The maximum absolute atomic E-state index is 12.0. The molecule has 0 aliphatic carbocycles. The third kappa shape index (κ3) is 5.32. The molecule has 1 aromatic carbocycles. The first kappa shape index (κ1) is 19.9. The average molecular weight is 402 g/mol. The Morgan fingerprint density at radius 1 is 1.25 bits per heavy atom. The zero-order valence-corrected chi connectivity index (χ0v) is 16.4. The topological polar surface area (TPSA) is 84.9 Å². The first-order valence-corrected chi connectivity index (χ1v) is 9.93. The van der Waals surface area contributed by atoms with Gasteiger partial charge < -0.3 is 19.7 Å². The van der Waals surface area contributed by atoms with E-state index in [4.69, 9.17) is 9.47 Å². The second kappa shape index (κ2) is 9.36. The van der Waals surface area contributed by atoms with Crippen molar-refractivity contribution < 1.29 is 23.9 Å². The fraction of sp³-hybridized carbons (Fsp3) is 0.350. The first-order chi connectivity index (χ1) is 13.5. The van der Waals surface area contributed by atoms with Crippen LogP contribution in [0.2, 0.25) is 0 Å². The van der Waals surface area contributed by atoms with Crippen LogP contribution in [0.3, 0.4) is 0 Å². The highest BCUT2D eigenvalue weighted by Crippen LogP contribution is 2.23. The average Bonchev–Trinajstić information content (AvgIpc) is 3.36. The molecule has 0 radical (unpaired) electrons. The second-order valence-corrected chi connectivity index (χ2v) is 7.39. The van der Waals surface area contributed by atoms with Crippen molar-refractivity contribution in [1.82, 2.24) is 5.32 Å². The van der Waals surface area contributed by atoms with E-state index >= 15 is 0 Å². The highest BCUT2D eigenvalue weighted by molar-refractivity contribution is 7.09. The third-order valence-corrected chi connectivity index (χ3v) is 5.15. The van der Waals surface area contributed by atoms with E-state index in [1.54, 1.807) is 40.5 Å². The predicted octanol–water partition coefficient (Wildman–Crippen LogP) is 2.50. The fourth-order valence-corrected chi connectivity index (χ4v) is 3.45. The molecule has 0 saturated carbocycles. The van der Waals surface area contributed by atoms with Crippen LogP contribution in [0, 0.1) is 0 Å². The summed E-state index contributed by atoms with van der Waals surface area (Å²) in [6.07, 6.45) is 0.533. The van der Waals surface area contributed by atoms with Gasteiger partial charge in [0.25, 0.3) is 5.91 Å². The molecule has 28 heavy (non-hydrogen) atoms. The zero-order chi connectivity index (χ0) is 19.9. The van der Waals surface area contributed by atoms with Crippen LogP contribution in [0.4, 0.5) is 5.69 Å². The van der Waals surface area contributed by atoms with E-state index in [1.165, 1.54) is 6.92 Å². The van der Waals surface area contributed by atoms with Crippen LogP contribution >= 0.6 is 11.3 Å². The van der Waals surface area contributed by atoms with E-state index in [2.05, 4.69) is 5.32 Å². The van der Waals surface area contributed by atoms with Gasteiger partial charge in [0, 0.05) is 23.5 Å². The molecule has 1 aromatic heterocycles. The van der Waals surface area contributed by atoms with Gasteiger partial charge in [0.05, 0.1) is 6.54 Å². The van der Waals surface area contributed by atoms with Crippen molar-refractivity contribution in [1.29, 1.82) is 0 Å². The number of nitrogens with one attached hydrogen (secondary N) is 1. The minimum atomic E-state index is -0.903. The van der Waals surface area contributed by atoms with Gasteiger partial charge in [-0.3, -0.25) is 9.59 Å². The van der Waals surface area contributed by atoms with Crippen molar-refractivity contribution in [3.8, 4) is 5.75 Å². The van der Waals surface area contributed by atoms with Crippen molar-refractivity contribution >= 4 is 34.8 Å². The van der Waals surface area contributed by atoms with Gasteiger partial charge >= 0.3 is 5.97 Å². The number of carbonyl (C=O) groups is 3.